The molecule has 5 heteroatoms. The van der Waals surface area contributed by atoms with Gasteiger partial charge in [0.05, 0.1) is 0 Å². The third kappa shape index (κ3) is 4.22. The van der Waals surface area contributed by atoms with Crippen LogP contribution in [0.3, 0.4) is 0 Å². The Morgan fingerprint density at radius 3 is 2.55 bits per heavy atom. The third-order valence-electron chi connectivity index (χ3n) is 2.60. The zero-order chi connectivity index (χ0) is 14.5. The van der Waals surface area contributed by atoms with Gasteiger partial charge in [0.1, 0.15) is 18.2 Å². The lowest BCUT2D eigenvalue weighted by molar-refractivity contribution is -0.120. The van der Waals surface area contributed by atoms with Crippen LogP contribution in [0.15, 0.2) is 42.5 Å². The Hall–Kier alpha value is -1.58. The second-order valence-corrected chi connectivity index (χ2v) is 5.07. The lowest BCUT2D eigenvalue weighted by Crippen LogP contribution is -2.14. The van der Waals surface area contributed by atoms with Gasteiger partial charge in [-0.2, -0.15) is 0 Å². The van der Waals surface area contributed by atoms with E-state index in [1.165, 1.54) is 12.1 Å². The summed E-state index contributed by atoms with van der Waals surface area (Å²) in [6.07, 6.45) is -0.0381. The Labute approximate surface area is 126 Å². The number of carbonyl (C=O) groups is 1. The van der Waals surface area contributed by atoms with Crippen molar-refractivity contribution in [2.24, 2.45) is 0 Å². The van der Waals surface area contributed by atoms with E-state index in [0.29, 0.717) is 21.4 Å². The quantitative estimate of drug-likeness (QED) is 0.821. The van der Waals surface area contributed by atoms with Crippen LogP contribution in [-0.2, 0) is 11.2 Å². The Morgan fingerprint density at radius 1 is 1.10 bits per heavy atom. The SMILES string of the molecule is O=C(COc1cccc(Cl)c1)Cc1ccc(Cl)cc1F. The topological polar surface area (TPSA) is 26.3 Å². The smallest absolute Gasteiger partial charge is 0.174 e. The average molecular weight is 313 g/mol. The highest BCUT2D eigenvalue weighted by molar-refractivity contribution is 6.30. The van der Waals surface area contributed by atoms with E-state index in [1.54, 1.807) is 30.3 Å². The normalized spacial score (nSPS) is 10.3. The standard InChI is InChI=1S/C15H11Cl2FO2/c16-11-2-1-3-14(7-11)20-9-13(19)6-10-4-5-12(17)8-15(10)18/h1-5,7-8H,6,9H2. The van der Waals surface area contributed by atoms with Gasteiger partial charge in [-0.3, -0.25) is 4.79 Å². The van der Waals surface area contributed by atoms with Crippen molar-refractivity contribution in [3.63, 3.8) is 0 Å². The average Bonchev–Trinajstić information content (AvgIpc) is 2.40. The van der Waals surface area contributed by atoms with Gasteiger partial charge in [0.2, 0.25) is 0 Å². The van der Waals surface area contributed by atoms with Gasteiger partial charge < -0.3 is 4.74 Å². The first-order valence-electron chi connectivity index (χ1n) is 5.88. The molecule has 0 atom stereocenters. The molecule has 2 aromatic carbocycles. The molecular weight excluding hydrogens is 302 g/mol. The summed E-state index contributed by atoms with van der Waals surface area (Å²) in [4.78, 5) is 11.8. The summed E-state index contributed by atoms with van der Waals surface area (Å²) >= 11 is 11.4. The lowest BCUT2D eigenvalue weighted by Gasteiger charge is -2.06. The first-order valence-corrected chi connectivity index (χ1v) is 6.64. The van der Waals surface area contributed by atoms with Gasteiger partial charge in [0.15, 0.2) is 5.78 Å². The summed E-state index contributed by atoms with van der Waals surface area (Å²) in [7, 11) is 0. The van der Waals surface area contributed by atoms with Crippen molar-refractivity contribution in [1.82, 2.24) is 0 Å². The predicted octanol–water partition coefficient (Wildman–Crippen LogP) is 4.32. The Balaban J connectivity index is 1.92. The molecule has 0 aliphatic carbocycles. The largest absolute Gasteiger partial charge is 0.486 e. The van der Waals surface area contributed by atoms with Crippen molar-refractivity contribution in [2.75, 3.05) is 6.61 Å². The molecule has 0 spiro atoms. The lowest BCUT2D eigenvalue weighted by atomic mass is 10.1. The van der Waals surface area contributed by atoms with Crippen LogP contribution in [0.1, 0.15) is 5.56 Å². The number of benzene rings is 2. The fourth-order valence-electron chi connectivity index (χ4n) is 1.65. The minimum Gasteiger partial charge on any atom is -0.486 e. The van der Waals surface area contributed by atoms with Gasteiger partial charge in [-0.25, -0.2) is 4.39 Å². The maximum atomic E-state index is 13.5. The van der Waals surface area contributed by atoms with Crippen LogP contribution in [0.5, 0.6) is 5.75 Å². The molecule has 0 fully saturated rings. The van der Waals surface area contributed by atoms with Crippen LogP contribution >= 0.6 is 23.2 Å². The molecule has 0 aliphatic heterocycles. The van der Waals surface area contributed by atoms with Crippen LogP contribution in [0.2, 0.25) is 10.0 Å². The van der Waals surface area contributed by atoms with Crippen LogP contribution in [-0.4, -0.2) is 12.4 Å². The maximum Gasteiger partial charge on any atom is 0.174 e. The number of ketones is 1. The zero-order valence-electron chi connectivity index (χ0n) is 10.4. The minimum atomic E-state index is -0.492. The van der Waals surface area contributed by atoms with Gasteiger partial charge in [0, 0.05) is 16.5 Å². The molecule has 104 valence electrons. The van der Waals surface area contributed by atoms with E-state index in [2.05, 4.69) is 0 Å². The summed E-state index contributed by atoms with van der Waals surface area (Å²) in [6.45, 7) is -0.136. The monoisotopic (exact) mass is 312 g/mol. The molecule has 2 rings (SSSR count). The molecule has 0 unspecified atom stereocenters. The summed E-state index contributed by atoms with van der Waals surface area (Å²) in [5.41, 5.74) is 0.300. The van der Waals surface area contributed by atoms with Crippen LogP contribution in [0.25, 0.3) is 0 Å². The highest BCUT2D eigenvalue weighted by Gasteiger charge is 2.09. The van der Waals surface area contributed by atoms with E-state index in [9.17, 15) is 9.18 Å². The highest BCUT2D eigenvalue weighted by atomic mass is 35.5. The molecule has 20 heavy (non-hydrogen) atoms. The fraction of sp³-hybridized carbons (Fsp3) is 0.133. The second kappa shape index (κ2) is 6.73. The Kier molecular flexibility index (Phi) is 4.99. The van der Waals surface area contributed by atoms with E-state index in [0.717, 1.165) is 0 Å². The predicted molar refractivity (Wildman–Crippen MR) is 77.1 cm³/mol. The van der Waals surface area contributed by atoms with E-state index < -0.39 is 5.82 Å². The molecule has 0 aliphatic rings. The summed E-state index contributed by atoms with van der Waals surface area (Å²) in [6, 6.07) is 11.0. The van der Waals surface area contributed by atoms with Crippen LogP contribution in [0.4, 0.5) is 4.39 Å². The summed E-state index contributed by atoms with van der Waals surface area (Å²) in [5, 5.41) is 0.826. The van der Waals surface area contributed by atoms with E-state index in [1.807, 2.05) is 0 Å². The maximum absolute atomic E-state index is 13.5. The van der Waals surface area contributed by atoms with Crippen molar-refractivity contribution in [2.45, 2.75) is 6.42 Å². The molecule has 2 aromatic rings. The van der Waals surface area contributed by atoms with Gasteiger partial charge in [0.25, 0.3) is 0 Å². The van der Waals surface area contributed by atoms with Gasteiger partial charge in [-0.15, -0.1) is 0 Å². The van der Waals surface area contributed by atoms with Crippen molar-refractivity contribution in [3.8, 4) is 5.75 Å². The van der Waals surface area contributed by atoms with E-state index in [4.69, 9.17) is 27.9 Å². The Morgan fingerprint density at radius 2 is 1.85 bits per heavy atom. The van der Waals surface area contributed by atoms with Crippen molar-refractivity contribution >= 4 is 29.0 Å². The molecule has 0 saturated carbocycles. The Bertz CT molecular complexity index is 629. The van der Waals surface area contributed by atoms with Gasteiger partial charge in [-0.05, 0) is 35.9 Å². The highest BCUT2D eigenvalue weighted by Crippen LogP contribution is 2.18. The van der Waals surface area contributed by atoms with Crippen molar-refractivity contribution < 1.29 is 13.9 Å². The number of Topliss-reactive ketones (excluding diaryl/α,β-unsaturated/α-hetero) is 1. The molecule has 0 amide bonds. The van der Waals surface area contributed by atoms with Crippen molar-refractivity contribution in [1.29, 1.82) is 0 Å². The molecule has 0 heterocycles. The minimum absolute atomic E-state index is 0.0381. The van der Waals surface area contributed by atoms with Crippen LogP contribution in [0, 0.1) is 5.82 Å². The molecule has 0 radical (unpaired) electrons. The van der Waals surface area contributed by atoms with Crippen molar-refractivity contribution in [3.05, 3.63) is 63.9 Å². The zero-order valence-corrected chi connectivity index (χ0v) is 11.9. The van der Waals surface area contributed by atoms with E-state index >= 15 is 0 Å². The number of carbonyl (C=O) groups excluding carboxylic acids is 1. The molecule has 0 N–H and O–H groups in total. The molecule has 2 nitrogen and oxygen atoms in total. The molecule has 0 aromatic heterocycles. The van der Waals surface area contributed by atoms with Gasteiger partial charge in [-0.1, -0.05) is 35.3 Å². The first kappa shape index (κ1) is 14.8. The summed E-state index contributed by atoms with van der Waals surface area (Å²) < 4.78 is 18.8. The third-order valence-corrected chi connectivity index (χ3v) is 3.07. The van der Waals surface area contributed by atoms with Crippen LogP contribution < -0.4 is 4.74 Å². The first-order chi connectivity index (χ1) is 9.54. The second-order valence-electron chi connectivity index (χ2n) is 4.20. The molecular formula is C15H11Cl2FO2. The number of rotatable bonds is 5. The molecule has 0 saturated heterocycles. The fourth-order valence-corrected chi connectivity index (χ4v) is 1.99. The van der Waals surface area contributed by atoms with E-state index in [-0.39, 0.29) is 18.8 Å². The number of halogens is 3. The van der Waals surface area contributed by atoms with Gasteiger partial charge >= 0.3 is 0 Å². The molecule has 0 bridgehead atoms. The number of ether oxygens (including phenoxy) is 1. The summed E-state index contributed by atoms with van der Waals surface area (Å²) in [5.74, 6) is -0.220. The number of hydrogen-bond acceptors (Lipinski definition) is 2. The number of hydrogen-bond donors (Lipinski definition) is 0.